The zero-order valence-electron chi connectivity index (χ0n) is 10.7. The van der Waals surface area contributed by atoms with Crippen LogP contribution in [-0.4, -0.2) is 36.6 Å². The van der Waals surface area contributed by atoms with Crippen molar-refractivity contribution in [1.29, 1.82) is 0 Å². The average Bonchev–Trinajstić information content (AvgIpc) is 2.64. The van der Waals surface area contributed by atoms with E-state index in [2.05, 4.69) is 11.9 Å². The molecule has 1 saturated carbocycles. The normalized spacial score (nSPS) is 31.3. The number of ether oxygens (including phenoxy) is 1. The van der Waals surface area contributed by atoms with E-state index in [1.807, 2.05) is 30.3 Å². The summed E-state index contributed by atoms with van der Waals surface area (Å²) in [4.78, 5) is 14.4. The molecule has 1 aliphatic carbocycles. The Morgan fingerprint density at radius 3 is 2.72 bits per heavy atom. The predicted octanol–water partition coefficient (Wildman–Crippen LogP) is 2.33. The molecular weight excluding hydrogens is 226 g/mol. The molecular formula is C15H19NO2. The number of carbonyl (C=O) groups is 1. The lowest BCUT2D eigenvalue weighted by Crippen LogP contribution is -2.32. The SMILES string of the molecule is CN1C[C@H]2CC1C[C@@H](OC(=O)c1ccccc1)C2. The third-order valence-electron chi connectivity index (χ3n) is 4.19. The van der Waals surface area contributed by atoms with Gasteiger partial charge in [-0.25, -0.2) is 4.79 Å². The fraction of sp³-hybridized carbons (Fsp3) is 0.533. The number of carbonyl (C=O) groups excluding carboxylic acids is 1. The van der Waals surface area contributed by atoms with Gasteiger partial charge in [-0.1, -0.05) is 18.2 Å². The van der Waals surface area contributed by atoms with Crippen LogP contribution >= 0.6 is 0 Å². The lowest BCUT2D eigenvalue weighted by Gasteiger charge is -2.28. The number of nitrogens with zero attached hydrogens (tertiary/aromatic N) is 1. The minimum atomic E-state index is -0.176. The second kappa shape index (κ2) is 4.73. The van der Waals surface area contributed by atoms with E-state index in [-0.39, 0.29) is 12.1 Å². The maximum atomic E-state index is 12.0. The van der Waals surface area contributed by atoms with Crippen LogP contribution in [0.25, 0.3) is 0 Å². The molecule has 0 N–H and O–H groups in total. The van der Waals surface area contributed by atoms with Crippen LogP contribution in [0.1, 0.15) is 29.6 Å². The van der Waals surface area contributed by atoms with Crippen molar-refractivity contribution < 1.29 is 9.53 Å². The smallest absolute Gasteiger partial charge is 0.338 e. The fourth-order valence-corrected chi connectivity index (χ4v) is 3.30. The molecule has 1 aliphatic heterocycles. The third-order valence-corrected chi connectivity index (χ3v) is 4.19. The number of hydrogen-bond donors (Lipinski definition) is 0. The van der Waals surface area contributed by atoms with Gasteiger partial charge < -0.3 is 9.64 Å². The Labute approximate surface area is 108 Å². The van der Waals surface area contributed by atoms with Crippen molar-refractivity contribution in [3.63, 3.8) is 0 Å². The van der Waals surface area contributed by atoms with Gasteiger partial charge in [0.2, 0.25) is 0 Å². The van der Waals surface area contributed by atoms with Crippen LogP contribution in [0, 0.1) is 5.92 Å². The molecule has 3 atom stereocenters. The highest BCUT2D eigenvalue weighted by Gasteiger charge is 2.39. The number of rotatable bonds is 2. The van der Waals surface area contributed by atoms with Crippen molar-refractivity contribution in [3.05, 3.63) is 35.9 Å². The lowest BCUT2D eigenvalue weighted by atomic mass is 9.88. The Bertz CT molecular complexity index is 429. The molecule has 1 aromatic carbocycles. The molecule has 18 heavy (non-hydrogen) atoms. The quantitative estimate of drug-likeness (QED) is 0.749. The van der Waals surface area contributed by atoms with Crippen LogP contribution in [0.3, 0.4) is 0 Å². The fourth-order valence-electron chi connectivity index (χ4n) is 3.30. The van der Waals surface area contributed by atoms with Crippen LogP contribution < -0.4 is 0 Å². The molecule has 3 nitrogen and oxygen atoms in total. The Kier molecular flexibility index (Phi) is 3.08. The summed E-state index contributed by atoms with van der Waals surface area (Å²) >= 11 is 0. The van der Waals surface area contributed by atoms with Gasteiger partial charge in [0.1, 0.15) is 6.10 Å². The number of esters is 1. The molecule has 1 heterocycles. The summed E-state index contributed by atoms with van der Waals surface area (Å²) in [5, 5.41) is 0. The van der Waals surface area contributed by atoms with Gasteiger partial charge in [-0.05, 0) is 44.4 Å². The molecule has 2 aliphatic rings. The van der Waals surface area contributed by atoms with E-state index < -0.39 is 0 Å². The largest absolute Gasteiger partial charge is 0.459 e. The molecule has 0 aromatic heterocycles. The van der Waals surface area contributed by atoms with E-state index in [4.69, 9.17) is 4.74 Å². The molecule has 2 bridgehead atoms. The summed E-state index contributed by atoms with van der Waals surface area (Å²) in [5.74, 6) is 0.534. The zero-order chi connectivity index (χ0) is 12.5. The first-order chi connectivity index (χ1) is 8.72. The number of hydrogen-bond acceptors (Lipinski definition) is 3. The maximum Gasteiger partial charge on any atom is 0.338 e. The first-order valence-corrected chi connectivity index (χ1v) is 6.68. The monoisotopic (exact) mass is 245 g/mol. The van der Waals surface area contributed by atoms with Crippen molar-refractivity contribution in [1.82, 2.24) is 4.90 Å². The van der Waals surface area contributed by atoms with Crippen LogP contribution in [0.5, 0.6) is 0 Å². The Balaban J connectivity index is 1.63. The highest BCUT2D eigenvalue weighted by Crippen LogP contribution is 2.36. The summed E-state index contributed by atoms with van der Waals surface area (Å²) in [6.45, 7) is 1.16. The van der Waals surface area contributed by atoms with Gasteiger partial charge in [0.05, 0.1) is 5.56 Å². The minimum absolute atomic E-state index is 0.103. The zero-order valence-corrected chi connectivity index (χ0v) is 10.7. The van der Waals surface area contributed by atoms with Gasteiger partial charge in [-0.2, -0.15) is 0 Å². The average molecular weight is 245 g/mol. The second-order valence-electron chi connectivity index (χ2n) is 5.56. The highest BCUT2D eigenvalue weighted by molar-refractivity contribution is 5.89. The summed E-state index contributed by atoms with van der Waals surface area (Å²) in [6, 6.07) is 9.88. The van der Waals surface area contributed by atoms with Crippen molar-refractivity contribution in [2.45, 2.75) is 31.4 Å². The van der Waals surface area contributed by atoms with Gasteiger partial charge in [0.25, 0.3) is 0 Å². The van der Waals surface area contributed by atoms with Gasteiger partial charge in [0, 0.05) is 12.6 Å². The Morgan fingerprint density at radius 1 is 1.22 bits per heavy atom. The van der Waals surface area contributed by atoms with Crippen LogP contribution in [0.2, 0.25) is 0 Å². The molecule has 1 unspecified atom stereocenters. The van der Waals surface area contributed by atoms with Gasteiger partial charge in [-0.3, -0.25) is 0 Å². The predicted molar refractivity (Wildman–Crippen MR) is 69.4 cm³/mol. The van der Waals surface area contributed by atoms with Crippen molar-refractivity contribution >= 4 is 5.97 Å². The summed E-state index contributed by atoms with van der Waals surface area (Å²) < 4.78 is 5.64. The molecule has 1 saturated heterocycles. The van der Waals surface area contributed by atoms with Crippen LogP contribution in [-0.2, 0) is 4.74 Å². The molecule has 3 rings (SSSR count). The Hall–Kier alpha value is -1.35. The van der Waals surface area contributed by atoms with Gasteiger partial charge in [0.15, 0.2) is 0 Å². The Morgan fingerprint density at radius 2 is 2.00 bits per heavy atom. The molecule has 0 spiro atoms. The van der Waals surface area contributed by atoms with Crippen LogP contribution in [0.15, 0.2) is 30.3 Å². The molecule has 96 valence electrons. The van der Waals surface area contributed by atoms with Crippen molar-refractivity contribution in [3.8, 4) is 0 Å². The molecule has 2 fully saturated rings. The topological polar surface area (TPSA) is 29.5 Å². The summed E-state index contributed by atoms with van der Waals surface area (Å²) in [7, 11) is 2.17. The first kappa shape index (κ1) is 11.7. The maximum absolute atomic E-state index is 12.0. The number of fused-ring (bicyclic) bond motifs is 2. The van der Waals surface area contributed by atoms with Crippen molar-refractivity contribution in [2.24, 2.45) is 5.92 Å². The van der Waals surface area contributed by atoms with Gasteiger partial charge in [-0.15, -0.1) is 0 Å². The number of benzene rings is 1. The van der Waals surface area contributed by atoms with E-state index >= 15 is 0 Å². The third kappa shape index (κ3) is 2.27. The molecule has 1 aromatic rings. The molecule has 0 amide bonds. The van der Waals surface area contributed by atoms with E-state index in [1.165, 1.54) is 6.42 Å². The molecule has 3 heteroatoms. The van der Waals surface area contributed by atoms with Gasteiger partial charge >= 0.3 is 5.97 Å². The van der Waals surface area contributed by atoms with E-state index in [9.17, 15) is 4.79 Å². The standard InChI is InChI=1S/C15H19NO2/c1-16-10-11-7-13(16)9-14(8-11)18-15(17)12-5-3-2-4-6-12/h2-6,11,13-14H,7-10H2,1H3/t11-,13?,14-/m0/s1. The minimum Gasteiger partial charge on any atom is -0.459 e. The lowest BCUT2D eigenvalue weighted by molar-refractivity contribution is 0.0148. The summed E-state index contributed by atoms with van der Waals surface area (Å²) in [5.41, 5.74) is 0.656. The van der Waals surface area contributed by atoms with E-state index in [0.29, 0.717) is 17.5 Å². The van der Waals surface area contributed by atoms with E-state index in [1.54, 1.807) is 0 Å². The molecule has 0 radical (unpaired) electrons. The van der Waals surface area contributed by atoms with Crippen molar-refractivity contribution in [2.75, 3.05) is 13.6 Å². The first-order valence-electron chi connectivity index (χ1n) is 6.68. The van der Waals surface area contributed by atoms with Crippen LogP contribution in [0.4, 0.5) is 0 Å². The second-order valence-corrected chi connectivity index (χ2v) is 5.56. The highest BCUT2D eigenvalue weighted by atomic mass is 16.5. The summed E-state index contributed by atoms with van der Waals surface area (Å²) in [6.07, 6.45) is 3.40. The van der Waals surface area contributed by atoms with E-state index in [0.717, 1.165) is 19.4 Å². The number of likely N-dealkylation sites (tertiary alicyclic amines) is 1.